The molecule has 1 aliphatic rings. The summed E-state index contributed by atoms with van der Waals surface area (Å²) in [7, 11) is 0. The van der Waals surface area contributed by atoms with E-state index < -0.39 is 0 Å². The molecule has 17 heavy (non-hydrogen) atoms. The van der Waals surface area contributed by atoms with E-state index in [9.17, 15) is 5.11 Å². The lowest BCUT2D eigenvalue weighted by Crippen LogP contribution is -2.30. The van der Waals surface area contributed by atoms with Gasteiger partial charge < -0.3 is 15.7 Å². The molecular formula is C11H21ClN4O. The van der Waals surface area contributed by atoms with E-state index in [4.69, 9.17) is 0 Å². The second kappa shape index (κ2) is 6.96. The number of aliphatic hydroxyl groups excluding tert-OH is 1. The van der Waals surface area contributed by atoms with Gasteiger partial charge in [0.2, 0.25) is 0 Å². The van der Waals surface area contributed by atoms with Crippen molar-refractivity contribution in [3.05, 3.63) is 18.0 Å². The Labute approximate surface area is 108 Å². The molecule has 0 bridgehead atoms. The highest BCUT2D eigenvalue weighted by molar-refractivity contribution is 5.85. The van der Waals surface area contributed by atoms with Crippen LogP contribution in [0.5, 0.6) is 0 Å². The Hall–Kier alpha value is -0.620. The number of hydrogen-bond acceptors (Lipinski definition) is 4. The van der Waals surface area contributed by atoms with E-state index in [2.05, 4.69) is 28.9 Å². The Morgan fingerprint density at radius 3 is 3.00 bits per heavy atom. The number of nitrogens with one attached hydrogen (secondary N) is 2. The van der Waals surface area contributed by atoms with Gasteiger partial charge in [-0.15, -0.1) is 12.4 Å². The molecule has 0 saturated carbocycles. The summed E-state index contributed by atoms with van der Waals surface area (Å²) in [6.07, 6.45) is 3.74. The third-order valence-electron chi connectivity index (χ3n) is 3.05. The van der Waals surface area contributed by atoms with Crippen molar-refractivity contribution in [2.75, 3.05) is 19.6 Å². The SMILES string of the molecule is CCn1cc(CNCC2CNCC2O)cn1.Cl. The average Bonchev–Trinajstić information content (AvgIpc) is 2.89. The van der Waals surface area contributed by atoms with Gasteiger partial charge in [0.15, 0.2) is 0 Å². The van der Waals surface area contributed by atoms with Crippen LogP contribution in [-0.2, 0) is 13.1 Å². The van der Waals surface area contributed by atoms with Crippen LogP contribution in [-0.4, -0.2) is 40.6 Å². The summed E-state index contributed by atoms with van der Waals surface area (Å²) in [6.45, 7) is 6.28. The Balaban J connectivity index is 0.00000144. The van der Waals surface area contributed by atoms with Crippen molar-refractivity contribution in [2.24, 2.45) is 5.92 Å². The second-order valence-electron chi connectivity index (χ2n) is 4.32. The number of aliphatic hydroxyl groups is 1. The van der Waals surface area contributed by atoms with Crippen LogP contribution in [0.25, 0.3) is 0 Å². The maximum atomic E-state index is 9.61. The first kappa shape index (κ1) is 14.4. The van der Waals surface area contributed by atoms with Crippen molar-refractivity contribution < 1.29 is 5.11 Å². The lowest BCUT2D eigenvalue weighted by molar-refractivity contribution is 0.146. The van der Waals surface area contributed by atoms with Gasteiger partial charge in [0, 0.05) is 50.4 Å². The van der Waals surface area contributed by atoms with Gasteiger partial charge in [-0.05, 0) is 6.92 Å². The standard InChI is InChI=1S/C11H20N4O.ClH/c1-2-15-8-9(4-14-15)3-12-5-10-6-13-7-11(10)16;/h4,8,10-13,16H,2-3,5-7H2,1H3;1H. The van der Waals surface area contributed by atoms with Crippen LogP contribution in [0.3, 0.4) is 0 Å². The first-order chi connectivity index (χ1) is 7.79. The zero-order valence-electron chi connectivity index (χ0n) is 10.1. The molecule has 1 aromatic rings. The quantitative estimate of drug-likeness (QED) is 0.697. The molecule has 98 valence electrons. The predicted octanol–water partition coefficient (Wildman–Crippen LogP) is -0.00530. The number of aryl methyl sites for hydroxylation is 1. The maximum absolute atomic E-state index is 9.61. The molecule has 1 aliphatic heterocycles. The summed E-state index contributed by atoms with van der Waals surface area (Å²) in [4.78, 5) is 0. The molecule has 3 N–H and O–H groups in total. The molecule has 0 aromatic carbocycles. The van der Waals surface area contributed by atoms with Crippen LogP contribution in [0, 0.1) is 5.92 Å². The molecule has 1 saturated heterocycles. The largest absolute Gasteiger partial charge is 0.391 e. The van der Waals surface area contributed by atoms with Gasteiger partial charge >= 0.3 is 0 Å². The molecule has 1 fully saturated rings. The molecule has 0 aliphatic carbocycles. The van der Waals surface area contributed by atoms with E-state index in [0.717, 1.165) is 32.7 Å². The monoisotopic (exact) mass is 260 g/mol. The molecule has 0 amide bonds. The van der Waals surface area contributed by atoms with Crippen LogP contribution < -0.4 is 10.6 Å². The van der Waals surface area contributed by atoms with Crippen molar-refractivity contribution >= 4 is 12.4 Å². The highest BCUT2D eigenvalue weighted by Crippen LogP contribution is 2.07. The van der Waals surface area contributed by atoms with Crippen molar-refractivity contribution in [1.29, 1.82) is 0 Å². The normalized spacial score (nSPS) is 23.6. The summed E-state index contributed by atoms with van der Waals surface area (Å²) in [5.41, 5.74) is 1.20. The average molecular weight is 261 g/mol. The zero-order valence-corrected chi connectivity index (χ0v) is 10.9. The first-order valence-corrected chi connectivity index (χ1v) is 5.90. The third kappa shape index (κ3) is 3.96. The van der Waals surface area contributed by atoms with E-state index in [-0.39, 0.29) is 18.5 Å². The Morgan fingerprint density at radius 2 is 2.41 bits per heavy atom. The minimum atomic E-state index is -0.203. The second-order valence-corrected chi connectivity index (χ2v) is 4.32. The van der Waals surface area contributed by atoms with Crippen molar-refractivity contribution in [3.63, 3.8) is 0 Å². The Kier molecular flexibility index (Phi) is 5.91. The number of nitrogens with zero attached hydrogens (tertiary/aromatic N) is 2. The Morgan fingerprint density at radius 1 is 1.59 bits per heavy atom. The highest BCUT2D eigenvalue weighted by Gasteiger charge is 2.23. The van der Waals surface area contributed by atoms with E-state index in [1.807, 2.05) is 10.9 Å². The minimum Gasteiger partial charge on any atom is -0.391 e. The number of aromatic nitrogens is 2. The number of halogens is 1. The fourth-order valence-corrected chi connectivity index (χ4v) is 2.00. The van der Waals surface area contributed by atoms with E-state index in [1.165, 1.54) is 5.56 Å². The molecule has 6 heteroatoms. The molecule has 5 nitrogen and oxygen atoms in total. The van der Waals surface area contributed by atoms with Crippen LogP contribution >= 0.6 is 12.4 Å². The zero-order chi connectivity index (χ0) is 11.4. The highest BCUT2D eigenvalue weighted by atomic mass is 35.5. The van der Waals surface area contributed by atoms with E-state index in [1.54, 1.807) is 0 Å². The smallest absolute Gasteiger partial charge is 0.0716 e. The lowest BCUT2D eigenvalue weighted by atomic mass is 10.1. The predicted molar refractivity (Wildman–Crippen MR) is 69.2 cm³/mol. The van der Waals surface area contributed by atoms with Crippen molar-refractivity contribution in [2.45, 2.75) is 26.1 Å². The summed E-state index contributed by atoms with van der Waals surface area (Å²) in [5.74, 6) is 0.334. The van der Waals surface area contributed by atoms with Crippen LogP contribution in [0.1, 0.15) is 12.5 Å². The number of rotatable bonds is 5. The van der Waals surface area contributed by atoms with Gasteiger partial charge in [-0.25, -0.2) is 0 Å². The molecule has 1 aromatic heterocycles. The van der Waals surface area contributed by atoms with Gasteiger partial charge in [-0.1, -0.05) is 0 Å². The Bertz CT molecular complexity index is 331. The van der Waals surface area contributed by atoms with Gasteiger partial charge in [0.25, 0.3) is 0 Å². The molecule has 2 atom stereocenters. The minimum absolute atomic E-state index is 0. The van der Waals surface area contributed by atoms with Crippen LogP contribution in [0.2, 0.25) is 0 Å². The third-order valence-corrected chi connectivity index (χ3v) is 3.05. The van der Waals surface area contributed by atoms with Gasteiger partial charge in [-0.2, -0.15) is 5.10 Å². The first-order valence-electron chi connectivity index (χ1n) is 5.90. The van der Waals surface area contributed by atoms with Gasteiger partial charge in [-0.3, -0.25) is 4.68 Å². The molecule has 0 spiro atoms. The summed E-state index contributed by atoms with van der Waals surface area (Å²) >= 11 is 0. The van der Waals surface area contributed by atoms with Crippen LogP contribution in [0.4, 0.5) is 0 Å². The number of β-amino-alcohol motifs (C(OH)–C–C–N with tert-alkyl or cyclic N) is 1. The summed E-state index contributed by atoms with van der Waals surface area (Å²) in [5, 5.41) is 20.4. The van der Waals surface area contributed by atoms with Gasteiger partial charge in [0.05, 0.1) is 12.3 Å². The number of hydrogen-bond donors (Lipinski definition) is 3. The topological polar surface area (TPSA) is 62.1 Å². The fraction of sp³-hybridized carbons (Fsp3) is 0.727. The summed E-state index contributed by atoms with van der Waals surface area (Å²) in [6, 6.07) is 0. The molecular weight excluding hydrogens is 240 g/mol. The maximum Gasteiger partial charge on any atom is 0.0716 e. The fourth-order valence-electron chi connectivity index (χ4n) is 2.00. The summed E-state index contributed by atoms with van der Waals surface area (Å²) < 4.78 is 1.92. The van der Waals surface area contributed by atoms with Crippen molar-refractivity contribution in [3.8, 4) is 0 Å². The molecule has 2 heterocycles. The molecule has 0 radical (unpaired) electrons. The van der Waals surface area contributed by atoms with E-state index >= 15 is 0 Å². The lowest BCUT2D eigenvalue weighted by Gasteiger charge is -2.13. The molecule has 2 rings (SSSR count). The van der Waals surface area contributed by atoms with Crippen LogP contribution in [0.15, 0.2) is 12.4 Å². The van der Waals surface area contributed by atoms with Crippen molar-refractivity contribution in [1.82, 2.24) is 20.4 Å². The molecule has 2 unspecified atom stereocenters. The van der Waals surface area contributed by atoms with Gasteiger partial charge in [0.1, 0.15) is 0 Å². The van der Waals surface area contributed by atoms with E-state index in [0.29, 0.717) is 5.92 Å².